The third-order valence-corrected chi connectivity index (χ3v) is 3.16. The lowest BCUT2D eigenvalue weighted by Gasteiger charge is -2.06. The molecule has 0 bridgehead atoms. The first-order valence-corrected chi connectivity index (χ1v) is 5.96. The normalized spacial score (nSPS) is 10.4. The molecule has 1 amide bonds. The Morgan fingerprint density at radius 2 is 2.33 bits per heavy atom. The van der Waals surface area contributed by atoms with Crippen molar-refractivity contribution in [2.24, 2.45) is 0 Å². The van der Waals surface area contributed by atoms with Gasteiger partial charge in [0.05, 0.1) is 16.5 Å². The third kappa shape index (κ3) is 1.89. The Balaban J connectivity index is 1.77. The largest absolute Gasteiger partial charge is 0.281 e. The molecule has 0 saturated carbocycles. The fourth-order valence-corrected chi connectivity index (χ4v) is 2.07. The number of aromatic nitrogens is 4. The summed E-state index contributed by atoms with van der Waals surface area (Å²) in [6.07, 6.45) is 2.98. The number of carbonyl (C=O) groups excluding carboxylic acids is 1. The average Bonchev–Trinajstić information content (AvgIpc) is 3.05. The van der Waals surface area contributed by atoms with Gasteiger partial charge in [0.2, 0.25) is 0 Å². The lowest BCUT2D eigenvalue weighted by molar-refractivity contribution is 0.0966. The molecule has 0 atom stereocenters. The van der Waals surface area contributed by atoms with Crippen LogP contribution < -0.4 is 10.9 Å². The van der Waals surface area contributed by atoms with Crippen molar-refractivity contribution in [2.75, 3.05) is 5.43 Å². The van der Waals surface area contributed by atoms with E-state index in [9.17, 15) is 4.79 Å². The summed E-state index contributed by atoms with van der Waals surface area (Å²) in [7, 11) is 0. The molecule has 0 spiro atoms. The monoisotopic (exact) mass is 260 g/mol. The standard InChI is InChI=1S/C10H8N6OS/c17-10(7-2-1-3-18-7)16-15-9-6-4-13-14-8(6)11-5-12-9/h1-5H,(H,16,17)(H2,11,12,13,14,15). The molecule has 0 fully saturated rings. The van der Waals surface area contributed by atoms with Crippen molar-refractivity contribution in [3.05, 3.63) is 34.9 Å². The Hall–Kier alpha value is -2.48. The predicted molar refractivity (Wildman–Crippen MR) is 67.1 cm³/mol. The number of anilines is 1. The minimum absolute atomic E-state index is 0.208. The summed E-state index contributed by atoms with van der Waals surface area (Å²) in [5.41, 5.74) is 5.94. The van der Waals surface area contributed by atoms with Gasteiger partial charge in [-0.15, -0.1) is 11.3 Å². The highest BCUT2D eigenvalue weighted by atomic mass is 32.1. The fourth-order valence-electron chi connectivity index (χ4n) is 1.45. The maximum atomic E-state index is 11.7. The van der Waals surface area contributed by atoms with Crippen molar-refractivity contribution in [1.82, 2.24) is 25.6 Å². The van der Waals surface area contributed by atoms with Crippen molar-refractivity contribution in [3.8, 4) is 0 Å². The van der Waals surface area contributed by atoms with Crippen LogP contribution in [0.5, 0.6) is 0 Å². The van der Waals surface area contributed by atoms with E-state index < -0.39 is 0 Å². The zero-order chi connectivity index (χ0) is 12.4. The molecule has 8 heteroatoms. The summed E-state index contributed by atoms with van der Waals surface area (Å²) >= 11 is 1.37. The van der Waals surface area contributed by atoms with Crippen molar-refractivity contribution in [2.45, 2.75) is 0 Å². The smallest absolute Gasteiger partial charge is 0.279 e. The second-order valence-corrected chi connectivity index (χ2v) is 4.36. The minimum atomic E-state index is -0.208. The number of thiophene rings is 1. The Kier molecular flexibility index (Phi) is 2.61. The van der Waals surface area contributed by atoms with E-state index in [-0.39, 0.29) is 5.91 Å². The zero-order valence-electron chi connectivity index (χ0n) is 9.04. The van der Waals surface area contributed by atoms with Gasteiger partial charge in [0.25, 0.3) is 5.91 Å². The first-order valence-electron chi connectivity index (χ1n) is 5.08. The lowest BCUT2D eigenvalue weighted by atomic mass is 10.4. The molecule has 3 N–H and O–H groups in total. The molecule has 18 heavy (non-hydrogen) atoms. The molecule has 0 saturated heterocycles. The van der Waals surface area contributed by atoms with E-state index in [2.05, 4.69) is 31.0 Å². The topological polar surface area (TPSA) is 95.6 Å². The highest BCUT2D eigenvalue weighted by Crippen LogP contribution is 2.15. The zero-order valence-corrected chi connectivity index (χ0v) is 9.86. The molecule has 0 unspecified atom stereocenters. The first kappa shape index (κ1) is 10.7. The number of nitrogens with zero attached hydrogens (tertiary/aromatic N) is 3. The van der Waals surface area contributed by atoms with Crippen LogP contribution in [0, 0.1) is 0 Å². The van der Waals surface area contributed by atoms with Crippen molar-refractivity contribution in [3.63, 3.8) is 0 Å². The first-order chi connectivity index (χ1) is 8.84. The number of rotatable bonds is 3. The van der Waals surface area contributed by atoms with Gasteiger partial charge in [-0.25, -0.2) is 9.97 Å². The number of amides is 1. The SMILES string of the molecule is O=C(NNc1ncnc2[nH]ncc12)c1cccs1. The van der Waals surface area contributed by atoms with Crippen LogP contribution in [-0.4, -0.2) is 26.1 Å². The van der Waals surface area contributed by atoms with Gasteiger partial charge in [-0.2, -0.15) is 5.10 Å². The molecule has 7 nitrogen and oxygen atoms in total. The third-order valence-electron chi connectivity index (χ3n) is 2.29. The molecule has 3 aromatic heterocycles. The Morgan fingerprint density at radius 3 is 3.17 bits per heavy atom. The number of hydrogen-bond donors (Lipinski definition) is 3. The summed E-state index contributed by atoms with van der Waals surface area (Å²) in [5, 5.41) is 9.14. The molecule has 3 heterocycles. The molecule has 0 aliphatic rings. The molecular weight excluding hydrogens is 252 g/mol. The van der Waals surface area contributed by atoms with Gasteiger partial charge < -0.3 is 0 Å². The van der Waals surface area contributed by atoms with Crippen LogP contribution in [-0.2, 0) is 0 Å². The van der Waals surface area contributed by atoms with Crippen LogP contribution >= 0.6 is 11.3 Å². The summed E-state index contributed by atoms with van der Waals surface area (Å²) in [6, 6.07) is 3.56. The second-order valence-electron chi connectivity index (χ2n) is 3.41. The van der Waals surface area contributed by atoms with Gasteiger partial charge in [0.15, 0.2) is 11.5 Å². The quantitative estimate of drug-likeness (QED) is 0.614. The number of H-pyrrole nitrogens is 1. The van der Waals surface area contributed by atoms with E-state index in [1.54, 1.807) is 12.3 Å². The van der Waals surface area contributed by atoms with Gasteiger partial charge in [-0.3, -0.25) is 20.7 Å². The summed E-state index contributed by atoms with van der Waals surface area (Å²) < 4.78 is 0. The van der Waals surface area contributed by atoms with Crippen molar-refractivity contribution >= 4 is 34.1 Å². The number of aromatic amines is 1. The number of fused-ring (bicyclic) bond motifs is 1. The van der Waals surface area contributed by atoms with Gasteiger partial charge in [0, 0.05) is 0 Å². The van der Waals surface area contributed by atoms with Gasteiger partial charge in [-0.05, 0) is 11.4 Å². The molecule has 0 aliphatic carbocycles. The average molecular weight is 260 g/mol. The number of hydrogen-bond acceptors (Lipinski definition) is 6. The molecule has 0 radical (unpaired) electrons. The molecule has 0 aromatic carbocycles. The summed E-state index contributed by atoms with van der Waals surface area (Å²) in [4.78, 5) is 20.4. The maximum Gasteiger partial charge on any atom is 0.279 e. The highest BCUT2D eigenvalue weighted by Gasteiger charge is 2.08. The van der Waals surface area contributed by atoms with E-state index >= 15 is 0 Å². The molecular formula is C10H8N6OS. The molecule has 3 aromatic rings. The van der Waals surface area contributed by atoms with Crippen LogP contribution in [0.2, 0.25) is 0 Å². The summed E-state index contributed by atoms with van der Waals surface area (Å²) in [6.45, 7) is 0. The van der Waals surface area contributed by atoms with Gasteiger partial charge in [-0.1, -0.05) is 6.07 Å². The molecule has 90 valence electrons. The minimum Gasteiger partial charge on any atom is -0.281 e. The van der Waals surface area contributed by atoms with Crippen LogP contribution in [0.1, 0.15) is 9.67 Å². The Morgan fingerprint density at radius 1 is 1.39 bits per heavy atom. The van der Waals surface area contributed by atoms with E-state index in [4.69, 9.17) is 0 Å². The van der Waals surface area contributed by atoms with E-state index in [0.717, 1.165) is 0 Å². The number of hydrazine groups is 1. The van der Waals surface area contributed by atoms with Crippen LogP contribution in [0.3, 0.4) is 0 Å². The van der Waals surface area contributed by atoms with Crippen molar-refractivity contribution < 1.29 is 4.79 Å². The van der Waals surface area contributed by atoms with Gasteiger partial charge >= 0.3 is 0 Å². The van der Waals surface area contributed by atoms with Crippen LogP contribution in [0.4, 0.5) is 5.82 Å². The van der Waals surface area contributed by atoms with Crippen molar-refractivity contribution in [1.29, 1.82) is 0 Å². The highest BCUT2D eigenvalue weighted by molar-refractivity contribution is 7.12. The maximum absolute atomic E-state index is 11.7. The summed E-state index contributed by atoms with van der Waals surface area (Å²) in [5.74, 6) is 0.291. The second kappa shape index (κ2) is 4.41. The van der Waals surface area contributed by atoms with E-state index in [1.165, 1.54) is 17.7 Å². The number of carbonyl (C=O) groups is 1. The Bertz CT molecular complexity index is 677. The van der Waals surface area contributed by atoms with Crippen LogP contribution in [0.25, 0.3) is 11.0 Å². The predicted octanol–water partition coefficient (Wildman–Crippen LogP) is 1.17. The molecule has 3 rings (SSSR count). The van der Waals surface area contributed by atoms with Crippen LogP contribution in [0.15, 0.2) is 30.0 Å². The van der Waals surface area contributed by atoms with E-state index in [0.29, 0.717) is 21.7 Å². The van der Waals surface area contributed by atoms with Gasteiger partial charge in [0.1, 0.15) is 6.33 Å². The lowest BCUT2D eigenvalue weighted by Crippen LogP contribution is -2.29. The molecule has 0 aliphatic heterocycles. The Labute approximate surface area is 105 Å². The van der Waals surface area contributed by atoms with E-state index in [1.807, 2.05) is 11.4 Å². The number of nitrogens with one attached hydrogen (secondary N) is 3. The fraction of sp³-hybridized carbons (Fsp3) is 0.